The Morgan fingerprint density at radius 2 is 2.07 bits per heavy atom. The van der Waals surface area contributed by atoms with Crippen molar-refractivity contribution in [2.24, 2.45) is 0 Å². The summed E-state index contributed by atoms with van der Waals surface area (Å²) in [5, 5.41) is 3.15. The molecule has 1 heterocycles. The average Bonchev–Trinajstić information content (AvgIpc) is 2.15. The van der Waals surface area contributed by atoms with Crippen LogP contribution >= 0.6 is 0 Å². The van der Waals surface area contributed by atoms with Crippen LogP contribution in [0.4, 0.5) is 4.79 Å². The summed E-state index contributed by atoms with van der Waals surface area (Å²) in [7, 11) is 1.88. The molecule has 1 atom stereocenters. The number of likely N-dealkylation sites (tertiary alicyclic amines) is 1. The van der Waals surface area contributed by atoms with Crippen LogP contribution in [0.1, 0.15) is 40.0 Å². The van der Waals surface area contributed by atoms with Crippen molar-refractivity contribution in [3.63, 3.8) is 0 Å². The number of carbonyl (C=O) groups is 1. The Labute approximate surface area is 92.0 Å². The average molecular weight is 214 g/mol. The van der Waals surface area contributed by atoms with Gasteiger partial charge in [0.2, 0.25) is 0 Å². The lowest BCUT2D eigenvalue weighted by molar-refractivity contribution is 0.00648. The summed E-state index contributed by atoms with van der Waals surface area (Å²) < 4.78 is 5.36. The Morgan fingerprint density at radius 3 is 2.60 bits per heavy atom. The second-order valence-electron chi connectivity index (χ2n) is 4.97. The van der Waals surface area contributed by atoms with Crippen LogP contribution in [0.25, 0.3) is 0 Å². The second-order valence-corrected chi connectivity index (χ2v) is 4.97. The Balaban J connectivity index is 2.56. The first-order valence-corrected chi connectivity index (χ1v) is 5.61. The van der Waals surface area contributed by atoms with Gasteiger partial charge >= 0.3 is 6.09 Å². The molecule has 1 aliphatic rings. The van der Waals surface area contributed by atoms with Crippen LogP contribution in [0.2, 0.25) is 0 Å². The molecule has 1 saturated heterocycles. The van der Waals surface area contributed by atoms with Gasteiger partial charge in [-0.3, -0.25) is 4.90 Å². The molecular weight excluding hydrogens is 192 g/mol. The molecule has 0 spiro atoms. The van der Waals surface area contributed by atoms with Crippen molar-refractivity contribution in [1.82, 2.24) is 10.2 Å². The van der Waals surface area contributed by atoms with E-state index in [1.165, 1.54) is 6.42 Å². The van der Waals surface area contributed by atoms with Gasteiger partial charge in [0.15, 0.2) is 0 Å². The Morgan fingerprint density at radius 1 is 1.40 bits per heavy atom. The van der Waals surface area contributed by atoms with Crippen molar-refractivity contribution < 1.29 is 9.53 Å². The van der Waals surface area contributed by atoms with Crippen LogP contribution in [0.5, 0.6) is 0 Å². The normalized spacial score (nSPS) is 22.7. The first-order valence-electron chi connectivity index (χ1n) is 5.61. The van der Waals surface area contributed by atoms with Crippen LogP contribution in [0.15, 0.2) is 0 Å². The molecule has 88 valence electrons. The van der Waals surface area contributed by atoms with Gasteiger partial charge in [0.1, 0.15) is 5.60 Å². The minimum absolute atomic E-state index is 0.133. The minimum atomic E-state index is -0.410. The molecule has 0 aromatic rings. The summed E-state index contributed by atoms with van der Waals surface area (Å²) in [5.41, 5.74) is -0.410. The number of hydrogen-bond donors (Lipinski definition) is 1. The van der Waals surface area contributed by atoms with E-state index in [1.54, 1.807) is 4.90 Å². The minimum Gasteiger partial charge on any atom is -0.444 e. The highest BCUT2D eigenvalue weighted by Crippen LogP contribution is 2.18. The third-order valence-corrected chi connectivity index (χ3v) is 2.46. The molecule has 1 aliphatic heterocycles. The number of carbonyl (C=O) groups excluding carboxylic acids is 1. The fraction of sp³-hybridized carbons (Fsp3) is 0.909. The molecule has 0 bridgehead atoms. The van der Waals surface area contributed by atoms with Gasteiger partial charge in [-0.15, -0.1) is 0 Å². The fourth-order valence-electron chi connectivity index (χ4n) is 1.77. The lowest BCUT2D eigenvalue weighted by Gasteiger charge is -2.36. The Kier molecular flexibility index (Phi) is 3.97. The fourth-order valence-corrected chi connectivity index (χ4v) is 1.77. The van der Waals surface area contributed by atoms with Crippen LogP contribution in [0, 0.1) is 0 Å². The lowest BCUT2D eigenvalue weighted by atomic mass is 10.1. The van der Waals surface area contributed by atoms with E-state index in [9.17, 15) is 4.79 Å². The van der Waals surface area contributed by atoms with Gasteiger partial charge in [0.05, 0.1) is 6.17 Å². The number of nitrogens with one attached hydrogen (secondary N) is 1. The van der Waals surface area contributed by atoms with Gasteiger partial charge < -0.3 is 10.1 Å². The molecule has 1 rings (SSSR count). The number of amides is 1. The quantitative estimate of drug-likeness (QED) is 0.725. The van der Waals surface area contributed by atoms with Crippen molar-refractivity contribution in [3.05, 3.63) is 0 Å². The first kappa shape index (κ1) is 12.3. The van der Waals surface area contributed by atoms with Crippen LogP contribution in [-0.2, 0) is 4.74 Å². The van der Waals surface area contributed by atoms with Gasteiger partial charge in [0.25, 0.3) is 0 Å². The SMILES string of the molecule is CN[C@@H]1CCCCN1C(=O)OC(C)(C)C. The predicted molar refractivity (Wildman–Crippen MR) is 59.6 cm³/mol. The second kappa shape index (κ2) is 4.84. The van der Waals surface area contributed by atoms with Gasteiger partial charge in [-0.25, -0.2) is 4.79 Å². The highest BCUT2D eigenvalue weighted by molar-refractivity contribution is 5.68. The number of rotatable bonds is 1. The predicted octanol–water partition coefficient (Wildman–Crippen LogP) is 1.95. The molecule has 0 aliphatic carbocycles. The number of ether oxygens (including phenoxy) is 1. The standard InChI is InChI=1S/C11H22N2O2/c1-11(2,3)15-10(14)13-8-6-5-7-9(13)12-4/h9,12H,5-8H2,1-4H3/t9-/m0/s1. The van der Waals surface area contributed by atoms with Gasteiger partial charge in [-0.05, 0) is 47.1 Å². The monoisotopic (exact) mass is 214 g/mol. The Bertz CT molecular complexity index is 223. The molecule has 15 heavy (non-hydrogen) atoms. The zero-order valence-corrected chi connectivity index (χ0v) is 10.2. The van der Waals surface area contributed by atoms with Crippen molar-refractivity contribution in [2.75, 3.05) is 13.6 Å². The van der Waals surface area contributed by atoms with E-state index in [4.69, 9.17) is 4.74 Å². The topological polar surface area (TPSA) is 41.6 Å². The third kappa shape index (κ3) is 3.70. The summed E-state index contributed by atoms with van der Waals surface area (Å²) in [4.78, 5) is 13.6. The van der Waals surface area contributed by atoms with Crippen molar-refractivity contribution in [3.8, 4) is 0 Å². The molecule has 4 heteroatoms. The van der Waals surface area contributed by atoms with E-state index in [1.807, 2.05) is 27.8 Å². The maximum Gasteiger partial charge on any atom is 0.411 e. The molecule has 1 N–H and O–H groups in total. The van der Waals surface area contributed by atoms with E-state index < -0.39 is 5.60 Å². The molecule has 0 aromatic heterocycles. The highest BCUT2D eigenvalue weighted by Gasteiger charge is 2.29. The van der Waals surface area contributed by atoms with E-state index in [-0.39, 0.29) is 12.3 Å². The zero-order valence-electron chi connectivity index (χ0n) is 10.2. The van der Waals surface area contributed by atoms with Crippen molar-refractivity contribution in [2.45, 2.75) is 51.8 Å². The molecule has 0 saturated carbocycles. The highest BCUT2D eigenvalue weighted by atomic mass is 16.6. The summed E-state index contributed by atoms with van der Waals surface area (Å²) in [5.74, 6) is 0. The molecule has 1 amide bonds. The molecule has 4 nitrogen and oxygen atoms in total. The molecule has 1 fully saturated rings. The third-order valence-electron chi connectivity index (χ3n) is 2.46. The van der Waals surface area contributed by atoms with Gasteiger partial charge in [0, 0.05) is 6.54 Å². The summed E-state index contributed by atoms with van der Waals surface area (Å²) >= 11 is 0. The molecule has 0 aromatic carbocycles. The summed E-state index contributed by atoms with van der Waals surface area (Å²) in [6, 6.07) is 0. The molecule has 0 unspecified atom stereocenters. The maximum absolute atomic E-state index is 11.8. The number of hydrogen-bond acceptors (Lipinski definition) is 3. The van der Waals surface area contributed by atoms with Gasteiger partial charge in [-0.2, -0.15) is 0 Å². The summed E-state index contributed by atoms with van der Waals surface area (Å²) in [6.45, 7) is 6.47. The number of piperidine rings is 1. The first-order chi connectivity index (χ1) is 6.94. The van der Waals surface area contributed by atoms with E-state index >= 15 is 0 Å². The number of nitrogens with zero attached hydrogens (tertiary/aromatic N) is 1. The van der Waals surface area contributed by atoms with E-state index in [0.29, 0.717) is 0 Å². The largest absolute Gasteiger partial charge is 0.444 e. The summed E-state index contributed by atoms with van der Waals surface area (Å²) in [6.07, 6.45) is 3.17. The van der Waals surface area contributed by atoms with Crippen molar-refractivity contribution >= 4 is 6.09 Å². The smallest absolute Gasteiger partial charge is 0.411 e. The van der Waals surface area contributed by atoms with Crippen LogP contribution in [0.3, 0.4) is 0 Å². The lowest BCUT2D eigenvalue weighted by Crippen LogP contribution is -2.51. The molecule has 0 radical (unpaired) electrons. The van der Waals surface area contributed by atoms with Gasteiger partial charge in [-0.1, -0.05) is 0 Å². The van der Waals surface area contributed by atoms with Crippen LogP contribution < -0.4 is 5.32 Å². The maximum atomic E-state index is 11.8. The Hall–Kier alpha value is -0.770. The zero-order chi connectivity index (χ0) is 11.5. The van der Waals surface area contributed by atoms with Crippen molar-refractivity contribution in [1.29, 1.82) is 0 Å². The van der Waals surface area contributed by atoms with E-state index in [0.717, 1.165) is 19.4 Å². The van der Waals surface area contributed by atoms with Crippen LogP contribution in [-0.4, -0.2) is 36.4 Å². The molecular formula is C11H22N2O2. The van der Waals surface area contributed by atoms with E-state index in [2.05, 4.69) is 5.32 Å².